The van der Waals surface area contributed by atoms with Crippen molar-refractivity contribution in [2.45, 2.75) is 0 Å². The molecule has 0 atom stereocenters. The van der Waals surface area contributed by atoms with Crippen LogP contribution in [-0.4, -0.2) is 9.13 Å². The van der Waals surface area contributed by atoms with E-state index in [0.717, 1.165) is 43.8 Å². The first-order valence-corrected chi connectivity index (χ1v) is 18.1. The van der Waals surface area contributed by atoms with Crippen LogP contribution in [0, 0.1) is 40.4 Å². The predicted octanol–water partition coefficient (Wildman–Crippen LogP) is 13.4. The molecule has 0 saturated carbocycles. The number of benzene rings is 8. The molecular formula is C49H26F5N3. The predicted molar refractivity (Wildman–Crippen MR) is 216 cm³/mol. The van der Waals surface area contributed by atoms with Crippen molar-refractivity contribution in [3.63, 3.8) is 0 Å². The van der Waals surface area contributed by atoms with E-state index in [9.17, 15) is 9.65 Å². The maximum atomic E-state index is 16.4. The highest BCUT2D eigenvalue weighted by atomic mass is 19.2. The van der Waals surface area contributed by atoms with Crippen molar-refractivity contribution in [3.8, 4) is 50.8 Å². The minimum absolute atomic E-state index is 0.0535. The van der Waals surface area contributed by atoms with Gasteiger partial charge in [-0.1, -0.05) is 109 Å². The number of fused-ring (bicyclic) bond motifs is 6. The maximum absolute atomic E-state index is 16.4. The van der Waals surface area contributed by atoms with Crippen LogP contribution in [0.4, 0.5) is 22.0 Å². The smallest absolute Gasteiger partial charge is 0.200 e. The molecule has 2 aromatic heterocycles. The van der Waals surface area contributed by atoms with Gasteiger partial charge in [-0.3, -0.25) is 0 Å². The van der Waals surface area contributed by atoms with Crippen LogP contribution in [0.25, 0.3) is 88.4 Å². The monoisotopic (exact) mass is 751 g/mol. The highest BCUT2D eigenvalue weighted by molar-refractivity contribution is 6.13. The molecule has 0 aliphatic rings. The summed E-state index contributed by atoms with van der Waals surface area (Å²) >= 11 is 0. The minimum Gasteiger partial charge on any atom is -0.308 e. The number of halogens is 5. The molecule has 0 spiro atoms. The van der Waals surface area contributed by atoms with Gasteiger partial charge in [0.1, 0.15) is 0 Å². The van der Waals surface area contributed by atoms with E-state index >= 15 is 17.6 Å². The van der Waals surface area contributed by atoms with E-state index in [1.165, 1.54) is 12.1 Å². The van der Waals surface area contributed by atoms with Gasteiger partial charge in [-0.25, -0.2) is 22.0 Å². The van der Waals surface area contributed by atoms with Gasteiger partial charge in [0.15, 0.2) is 23.3 Å². The molecule has 10 rings (SSSR count). The molecule has 10 aromatic rings. The fraction of sp³-hybridized carbons (Fsp3) is 0. The van der Waals surface area contributed by atoms with Crippen LogP contribution < -0.4 is 0 Å². The van der Waals surface area contributed by atoms with E-state index in [2.05, 4.69) is 6.07 Å². The number of rotatable bonds is 5. The van der Waals surface area contributed by atoms with Crippen LogP contribution in [0.2, 0.25) is 0 Å². The number of hydrogen-bond acceptors (Lipinski definition) is 1. The van der Waals surface area contributed by atoms with Gasteiger partial charge in [0.05, 0.1) is 50.6 Å². The molecule has 0 unspecified atom stereocenters. The van der Waals surface area contributed by atoms with Crippen molar-refractivity contribution in [1.82, 2.24) is 9.13 Å². The lowest BCUT2D eigenvalue weighted by Gasteiger charge is -2.22. The lowest BCUT2D eigenvalue weighted by molar-refractivity contribution is 0.381. The summed E-state index contributed by atoms with van der Waals surface area (Å²) in [7, 11) is 0. The average Bonchev–Trinajstić information content (AvgIpc) is 3.77. The standard InChI is InChI=1S/C49H26F5N3/c50-45-44(46(51)48(53)49(54)47(45)52)43-41(56-37-17-9-7-15-33(37)35-25-31(19-21-39(35)56)29-11-3-1-4-12-29)23-28(27-55)24-42(43)57-38-18-10-8-16-34(38)36-26-32(20-22-40(36)57)30-13-5-2-6-14-30/h1-26H. The molecule has 0 aliphatic heterocycles. The van der Waals surface area contributed by atoms with Crippen molar-refractivity contribution in [3.05, 3.63) is 192 Å². The van der Waals surface area contributed by atoms with Crippen LogP contribution in [0.3, 0.4) is 0 Å². The van der Waals surface area contributed by atoms with Gasteiger partial charge in [0.25, 0.3) is 0 Å². The zero-order valence-corrected chi connectivity index (χ0v) is 29.7. The molecule has 272 valence electrons. The second kappa shape index (κ2) is 13.1. The second-order valence-electron chi connectivity index (χ2n) is 13.8. The lowest BCUT2D eigenvalue weighted by atomic mass is 9.96. The average molecular weight is 752 g/mol. The molecular weight excluding hydrogens is 726 g/mol. The Hall–Kier alpha value is -7.50. The minimum atomic E-state index is -2.26. The first kappa shape index (κ1) is 34.0. The summed E-state index contributed by atoms with van der Waals surface area (Å²) in [5.74, 6) is -10.4. The Balaban J connectivity index is 1.38. The van der Waals surface area contributed by atoms with Crippen molar-refractivity contribution < 1.29 is 22.0 Å². The number of nitrogens with zero attached hydrogens (tertiary/aromatic N) is 3. The van der Waals surface area contributed by atoms with Crippen LogP contribution in [0.15, 0.2) is 158 Å². The highest BCUT2D eigenvalue weighted by Crippen LogP contribution is 2.46. The SMILES string of the molecule is N#Cc1cc(-n2c3ccccc3c3cc(-c4ccccc4)ccc32)c(-c2c(F)c(F)c(F)c(F)c2F)c(-n2c3ccccc3c3cc(-c4ccccc4)ccc32)c1. The van der Waals surface area contributed by atoms with Crippen molar-refractivity contribution >= 4 is 43.6 Å². The van der Waals surface area contributed by atoms with Gasteiger partial charge in [0.2, 0.25) is 5.82 Å². The van der Waals surface area contributed by atoms with Gasteiger partial charge < -0.3 is 9.13 Å². The van der Waals surface area contributed by atoms with Crippen molar-refractivity contribution in [2.24, 2.45) is 0 Å². The topological polar surface area (TPSA) is 33.6 Å². The Labute approximate surface area is 322 Å². The molecule has 0 saturated heterocycles. The van der Waals surface area contributed by atoms with Crippen LogP contribution in [-0.2, 0) is 0 Å². The largest absolute Gasteiger partial charge is 0.308 e. The van der Waals surface area contributed by atoms with Crippen LogP contribution >= 0.6 is 0 Å². The fourth-order valence-electron chi connectivity index (χ4n) is 8.19. The van der Waals surface area contributed by atoms with Crippen molar-refractivity contribution in [1.29, 1.82) is 5.26 Å². The molecule has 8 heteroatoms. The van der Waals surface area contributed by atoms with Gasteiger partial charge in [-0.2, -0.15) is 5.26 Å². The molecule has 0 aliphatic carbocycles. The molecule has 0 bridgehead atoms. The van der Waals surface area contributed by atoms with E-state index in [1.54, 1.807) is 21.3 Å². The number of aromatic nitrogens is 2. The normalized spacial score (nSPS) is 11.6. The molecule has 57 heavy (non-hydrogen) atoms. The Morgan fingerprint density at radius 3 is 1.18 bits per heavy atom. The van der Waals surface area contributed by atoms with Crippen LogP contribution in [0.1, 0.15) is 5.56 Å². The molecule has 0 fully saturated rings. The third kappa shape index (κ3) is 5.16. The zero-order valence-electron chi connectivity index (χ0n) is 29.7. The molecule has 3 nitrogen and oxygen atoms in total. The summed E-state index contributed by atoms with van der Waals surface area (Å²) in [4.78, 5) is 0. The first-order valence-electron chi connectivity index (χ1n) is 18.1. The summed E-state index contributed by atoms with van der Waals surface area (Å²) in [5, 5.41) is 13.7. The number of hydrogen-bond donors (Lipinski definition) is 0. The third-order valence-corrected chi connectivity index (χ3v) is 10.7. The zero-order chi connectivity index (χ0) is 38.9. The summed E-state index contributed by atoms with van der Waals surface area (Å²) in [6.45, 7) is 0. The van der Waals surface area contributed by atoms with Gasteiger partial charge in [-0.05, 0) is 70.8 Å². The van der Waals surface area contributed by atoms with E-state index in [0.29, 0.717) is 22.1 Å². The fourth-order valence-corrected chi connectivity index (χ4v) is 8.19. The number of nitriles is 1. The Bertz CT molecular complexity index is 3100. The van der Waals surface area contributed by atoms with Gasteiger partial charge in [-0.15, -0.1) is 0 Å². The lowest BCUT2D eigenvalue weighted by Crippen LogP contribution is -2.10. The van der Waals surface area contributed by atoms with E-state index < -0.39 is 34.6 Å². The van der Waals surface area contributed by atoms with Crippen LogP contribution in [0.5, 0.6) is 0 Å². The molecule has 0 radical (unpaired) electrons. The van der Waals surface area contributed by atoms with E-state index in [-0.39, 0.29) is 22.5 Å². The first-order chi connectivity index (χ1) is 27.8. The quantitative estimate of drug-likeness (QED) is 0.0979. The highest BCUT2D eigenvalue weighted by Gasteiger charge is 2.32. The van der Waals surface area contributed by atoms with E-state index in [4.69, 9.17) is 0 Å². The number of para-hydroxylation sites is 2. The summed E-state index contributed by atoms with van der Waals surface area (Å²) in [6.07, 6.45) is 0. The third-order valence-electron chi connectivity index (χ3n) is 10.7. The maximum Gasteiger partial charge on any atom is 0.200 e. The van der Waals surface area contributed by atoms with Gasteiger partial charge >= 0.3 is 0 Å². The molecule has 0 N–H and O–H groups in total. The molecule has 2 heterocycles. The Kier molecular flexibility index (Phi) is 7.80. The summed E-state index contributed by atoms with van der Waals surface area (Å²) in [5.41, 5.74) is 4.96. The summed E-state index contributed by atoms with van der Waals surface area (Å²) < 4.78 is 81.9. The molecule has 0 amide bonds. The summed E-state index contributed by atoms with van der Waals surface area (Å²) in [6, 6.07) is 51.0. The Morgan fingerprint density at radius 2 is 0.737 bits per heavy atom. The molecule has 8 aromatic carbocycles. The van der Waals surface area contributed by atoms with Gasteiger partial charge in [0, 0.05) is 27.1 Å². The van der Waals surface area contributed by atoms with E-state index in [1.807, 2.05) is 133 Å². The van der Waals surface area contributed by atoms with Crippen molar-refractivity contribution in [2.75, 3.05) is 0 Å². The second-order valence-corrected chi connectivity index (χ2v) is 13.8. The Morgan fingerprint density at radius 1 is 0.351 bits per heavy atom.